The highest BCUT2D eigenvalue weighted by Gasteiger charge is 2.56. The second-order valence-electron chi connectivity index (χ2n) is 17.2. The maximum atomic E-state index is 13.9. The summed E-state index contributed by atoms with van der Waals surface area (Å²) in [4.78, 5) is 60.5. The molecular formula is C46H57N7O4S4. The molecule has 3 amide bonds. The molecule has 61 heavy (non-hydrogen) atoms. The molecule has 9 rings (SSSR count). The normalized spacial score (nSPS) is 19.7. The molecule has 2 aliphatic heterocycles. The molecule has 2 aromatic heterocycles. The number of benzene rings is 3. The number of H-pyrrole nitrogens is 2. The van der Waals surface area contributed by atoms with Crippen LogP contribution in [0, 0.1) is 28.6 Å². The second-order valence-corrected chi connectivity index (χ2v) is 17.2. The van der Waals surface area contributed by atoms with Gasteiger partial charge in [0.2, 0.25) is 11.8 Å². The molecule has 0 bridgehead atoms. The zero-order valence-electron chi connectivity index (χ0n) is 35.0. The highest BCUT2D eigenvalue weighted by molar-refractivity contribution is 7.59. The Morgan fingerprint density at radius 3 is 1.97 bits per heavy atom. The van der Waals surface area contributed by atoms with Gasteiger partial charge < -0.3 is 29.8 Å². The Morgan fingerprint density at radius 2 is 1.36 bits per heavy atom. The van der Waals surface area contributed by atoms with Crippen LogP contribution < -0.4 is 5.32 Å². The van der Waals surface area contributed by atoms with E-state index in [0.29, 0.717) is 6.54 Å². The van der Waals surface area contributed by atoms with Crippen LogP contribution in [-0.2, 0) is 14.3 Å². The van der Waals surface area contributed by atoms with Gasteiger partial charge in [-0.05, 0) is 104 Å². The van der Waals surface area contributed by atoms with Crippen molar-refractivity contribution in [3.63, 3.8) is 0 Å². The first-order valence-corrected chi connectivity index (χ1v) is 20.2. The number of fused-ring (bicyclic) bond motifs is 1. The van der Waals surface area contributed by atoms with Crippen molar-refractivity contribution >= 4 is 82.9 Å². The summed E-state index contributed by atoms with van der Waals surface area (Å²) in [6, 6.07) is 23.2. The average Bonchev–Trinajstić information content (AvgIpc) is 3.84. The number of alkyl carbamates (subject to hydrolysis) is 1. The van der Waals surface area contributed by atoms with E-state index in [1.165, 1.54) is 7.11 Å². The van der Waals surface area contributed by atoms with Gasteiger partial charge in [0.1, 0.15) is 17.7 Å². The first-order valence-electron chi connectivity index (χ1n) is 20.2. The van der Waals surface area contributed by atoms with Crippen molar-refractivity contribution in [3.05, 3.63) is 107 Å². The molecule has 2 spiro atoms. The van der Waals surface area contributed by atoms with E-state index in [1.54, 1.807) is 0 Å². The Labute approximate surface area is 385 Å². The molecule has 15 heteroatoms. The van der Waals surface area contributed by atoms with Crippen LogP contribution in [0.5, 0.6) is 0 Å². The number of hydrogen-bond acceptors (Lipinski definition) is 6. The van der Waals surface area contributed by atoms with Crippen LogP contribution in [-0.4, -0.2) is 73.9 Å². The van der Waals surface area contributed by atoms with E-state index >= 15 is 0 Å². The van der Waals surface area contributed by atoms with Crippen LogP contribution in [0.15, 0.2) is 79.0 Å². The topological polar surface area (TPSA) is 136 Å². The number of carbonyl (C=O) groups is 3. The lowest BCUT2D eigenvalue weighted by Crippen LogP contribution is -2.51. The third kappa shape index (κ3) is 9.62. The van der Waals surface area contributed by atoms with Crippen LogP contribution in [0.4, 0.5) is 4.79 Å². The molecule has 2 aliphatic carbocycles. The van der Waals surface area contributed by atoms with E-state index < -0.39 is 12.1 Å². The molecule has 3 N–H and O–H groups in total. The number of imidazole rings is 2. The van der Waals surface area contributed by atoms with Crippen LogP contribution in [0.25, 0.3) is 22.3 Å². The van der Waals surface area contributed by atoms with Gasteiger partial charge in [-0.3, -0.25) is 9.59 Å². The summed E-state index contributed by atoms with van der Waals surface area (Å²) in [5.74, 6) is 7.98. The zero-order chi connectivity index (χ0) is 39.5. The smallest absolute Gasteiger partial charge is 0.407 e. The molecule has 324 valence electrons. The number of carbonyl (C=O) groups excluding carboxylic acids is 3. The van der Waals surface area contributed by atoms with Gasteiger partial charge in [-0.2, -0.15) is 54.0 Å². The quantitative estimate of drug-likeness (QED) is 0.135. The fourth-order valence-corrected chi connectivity index (χ4v) is 8.95. The van der Waals surface area contributed by atoms with Crippen molar-refractivity contribution in [2.24, 2.45) is 16.7 Å². The summed E-state index contributed by atoms with van der Waals surface area (Å²) in [7, 11) is 1.31. The molecule has 11 nitrogen and oxygen atoms in total. The lowest BCUT2D eigenvalue weighted by molar-refractivity contribution is -0.136. The number of hydrogen-bond donors (Lipinski definition) is 3. The molecule has 4 aliphatic rings. The number of nitrogens with zero attached hydrogens (tertiary/aromatic N) is 4. The molecule has 4 atom stereocenters. The van der Waals surface area contributed by atoms with Crippen molar-refractivity contribution in [2.75, 3.05) is 20.2 Å². The van der Waals surface area contributed by atoms with E-state index in [2.05, 4.69) is 32.0 Å². The second kappa shape index (κ2) is 18.9. The number of likely N-dealkylation sites (tertiary alicyclic amines) is 2. The molecule has 2 saturated heterocycles. The van der Waals surface area contributed by atoms with E-state index in [0.717, 1.165) is 95.7 Å². The van der Waals surface area contributed by atoms with Crippen LogP contribution in [0.2, 0.25) is 0 Å². The molecule has 4 fully saturated rings. The Kier molecular flexibility index (Phi) is 14.7. The van der Waals surface area contributed by atoms with Crippen molar-refractivity contribution in [3.8, 4) is 23.1 Å². The third-order valence-corrected chi connectivity index (χ3v) is 12.8. The maximum absolute atomic E-state index is 13.9. The minimum atomic E-state index is -0.681. The van der Waals surface area contributed by atoms with Crippen LogP contribution >= 0.6 is 54.0 Å². The largest absolute Gasteiger partial charge is 0.453 e. The van der Waals surface area contributed by atoms with Gasteiger partial charge in [0.05, 0.1) is 48.0 Å². The first kappa shape index (κ1) is 47.6. The van der Waals surface area contributed by atoms with Gasteiger partial charge in [0, 0.05) is 24.2 Å². The predicted octanol–water partition coefficient (Wildman–Crippen LogP) is 8.10. The Balaban J connectivity index is 0.00000176. The molecular weight excluding hydrogens is 843 g/mol. The number of aromatic nitrogens is 4. The molecule has 0 radical (unpaired) electrons. The van der Waals surface area contributed by atoms with Crippen molar-refractivity contribution in [2.45, 2.75) is 83.3 Å². The highest BCUT2D eigenvalue weighted by atomic mass is 32.1. The number of amides is 3. The first-order chi connectivity index (χ1) is 27.5. The zero-order valence-corrected chi connectivity index (χ0v) is 39.0. The molecule has 5 aromatic rings. The average molecular weight is 900 g/mol. The van der Waals surface area contributed by atoms with Gasteiger partial charge in [0.25, 0.3) is 0 Å². The van der Waals surface area contributed by atoms with Gasteiger partial charge in [-0.1, -0.05) is 68.2 Å². The van der Waals surface area contributed by atoms with Gasteiger partial charge in [-0.15, -0.1) is 0 Å². The number of methoxy groups -OCH3 is 1. The van der Waals surface area contributed by atoms with E-state index in [-0.39, 0.29) is 101 Å². The summed E-state index contributed by atoms with van der Waals surface area (Å²) < 4.78 is 4.81. The summed E-state index contributed by atoms with van der Waals surface area (Å²) in [6.45, 7) is 7.31. The fraction of sp³-hybridized carbons (Fsp3) is 0.413. The summed E-state index contributed by atoms with van der Waals surface area (Å²) in [6.07, 6.45) is 7.52. The van der Waals surface area contributed by atoms with E-state index in [1.807, 2.05) is 105 Å². The highest BCUT2D eigenvalue weighted by Crippen LogP contribution is 2.59. The predicted molar refractivity (Wildman–Crippen MR) is 258 cm³/mol. The van der Waals surface area contributed by atoms with Crippen molar-refractivity contribution in [1.29, 1.82) is 0 Å². The molecule has 4 heterocycles. The maximum Gasteiger partial charge on any atom is 0.407 e. The Hall–Kier alpha value is -4.49. The standard InChI is InChI=1S/C46H49N7O4.4H2S/c1-28(2)39(51-44(56)57-4)43(55)53-27-45(18-19-45)23-37(53)40-47-25-36(50-40)33-15-12-30(13-16-33)10-11-31-14-17-34-35(22-31)49-41(48-34)38-24-46(20-21-46)26-52(38)42(54)29(3)32-8-6-5-7-9-32;;;;/h5-9,12-17,22,25,28-29,37-39H,18-21,23-24,26-27H2,1-4H3,(H,47,50)(H,48,49)(H,51,56);4*1H2/t29-,37-,38-,39-;;;;/m0..../s1. The van der Waals surface area contributed by atoms with Crippen molar-refractivity contribution in [1.82, 2.24) is 35.1 Å². The van der Waals surface area contributed by atoms with Crippen molar-refractivity contribution < 1.29 is 19.1 Å². The van der Waals surface area contributed by atoms with E-state index in [4.69, 9.17) is 14.7 Å². The number of aromatic amines is 2. The number of ether oxygens (including phenoxy) is 1. The monoisotopic (exact) mass is 899 g/mol. The number of nitrogens with one attached hydrogen (secondary N) is 3. The lowest BCUT2D eigenvalue weighted by atomic mass is 9.99. The minimum absolute atomic E-state index is 0. The lowest BCUT2D eigenvalue weighted by Gasteiger charge is -2.30. The molecule has 3 aromatic carbocycles. The van der Waals surface area contributed by atoms with Gasteiger partial charge in [0.15, 0.2) is 0 Å². The third-order valence-electron chi connectivity index (χ3n) is 12.8. The SMILES string of the molecule is COC(=O)N[C@H](C(=O)N1CC2(CC2)C[C@H]1c1ncc(-c2ccc(C#Cc3ccc4nc([C@@H]5CC6(CC6)CN5C(=O)[C@@H](C)c5ccccc5)[nH]c4c3)cc2)[nH]1)C(C)C.S.S.S.S. The number of rotatable bonds is 8. The molecule has 2 saturated carbocycles. The van der Waals surface area contributed by atoms with Crippen LogP contribution in [0.3, 0.4) is 0 Å². The summed E-state index contributed by atoms with van der Waals surface area (Å²) in [5.41, 5.74) is 6.77. The van der Waals surface area contributed by atoms with Gasteiger partial charge in [-0.25, -0.2) is 14.8 Å². The Bertz CT molecular complexity index is 2420. The minimum Gasteiger partial charge on any atom is -0.453 e. The summed E-state index contributed by atoms with van der Waals surface area (Å²) in [5, 5.41) is 2.74. The Morgan fingerprint density at radius 1 is 0.770 bits per heavy atom. The van der Waals surface area contributed by atoms with Gasteiger partial charge >= 0.3 is 6.09 Å². The summed E-state index contributed by atoms with van der Waals surface area (Å²) >= 11 is 0. The fourth-order valence-electron chi connectivity index (χ4n) is 8.95. The van der Waals surface area contributed by atoms with Crippen LogP contribution in [0.1, 0.15) is 106 Å². The molecule has 0 unspecified atom stereocenters. The van der Waals surface area contributed by atoms with E-state index in [9.17, 15) is 14.4 Å².